The lowest BCUT2D eigenvalue weighted by Gasteiger charge is -2.36. The van der Waals surface area contributed by atoms with Gasteiger partial charge in [-0.1, -0.05) is 0 Å². The van der Waals surface area contributed by atoms with Gasteiger partial charge in [-0.05, 0) is 25.0 Å². The zero-order valence-electron chi connectivity index (χ0n) is 11.3. The minimum atomic E-state index is -0.846. The fraction of sp³-hybridized carbons (Fsp3) is 0.400. The van der Waals surface area contributed by atoms with Gasteiger partial charge in [-0.2, -0.15) is 0 Å². The van der Waals surface area contributed by atoms with Crippen LogP contribution in [0.2, 0.25) is 0 Å². The van der Waals surface area contributed by atoms with Gasteiger partial charge in [0.15, 0.2) is 5.78 Å². The zero-order chi connectivity index (χ0) is 14.4. The number of benzene rings is 1. The summed E-state index contributed by atoms with van der Waals surface area (Å²) in [5.41, 5.74) is 0.977. The molecule has 0 unspecified atom stereocenters. The van der Waals surface area contributed by atoms with Gasteiger partial charge in [-0.15, -0.1) is 0 Å². The van der Waals surface area contributed by atoms with E-state index in [2.05, 4.69) is 0 Å². The molecule has 20 heavy (non-hydrogen) atoms. The smallest absolute Gasteiger partial charge is 0.196 e. The molecule has 3 rings (SSSR count). The van der Waals surface area contributed by atoms with Crippen LogP contribution in [0.25, 0.3) is 0 Å². The standard InChI is InChI=1S/C15H16O5/c1-7-3-9-11(6-20-7)15(18)13-10(14(9)17)4-8(19-2)5-12(13)16/h4-7,9,14,16-17H,3H2,1-2H3/t7-,9-,14-/m0/s1. The summed E-state index contributed by atoms with van der Waals surface area (Å²) in [7, 11) is 1.47. The molecule has 1 aromatic rings. The number of aliphatic hydroxyl groups excluding tert-OH is 1. The number of fused-ring (bicyclic) bond motifs is 2. The summed E-state index contributed by atoms with van der Waals surface area (Å²) in [4.78, 5) is 12.5. The van der Waals surface area contributed by atoms with Gasteiger partial charge in [0, 0.05) is 17.6 Å². The van der Waals surface area contributed by atoms with Crippen molar-refractivity contribution in [1.82, 2.24) is 0 Å². The average molecular weight is 276 g/mol. The summed E-state index contributed by atoms with van der Waals surface area (Å²) in [5.74, 6) is -0.352. The van der Waals surface area contributed by atoms with Crippen LogP contribution in [-0.4, -0.2) is 29.2 Å². The molecule has 0 aromatic heterocycles. The Bertz CT molecular complexity index is 605. The number of phenols is 1. The van der Waals surface area contributed by atoms with Crippen LogP contribution in [0.5, 0.6) is 11.5 Å². The summed E-state index contributed by atoms with van der Waals surface area (Å²) in [6.07, 6.45) is 1.08. The fourth-order valence-corrected chi connectivity index (χ4v) is 2.92. The Morgan fingerprint density at radius 1 is 1.40 bits per heavy atom. The highest BCUT2D eigenvalue weighted by atomic mass is 16.5. The summed E-state index contributed by atoms with van der Waals surface area (Å²) < 4.78 is 10.4. The number of aromatic hydroxyl groups is 1. The number of carbonyl (C=O) groups excluding carboxylic acids is 1. The molecular formula is C15H16O5. The van der Waals surface area contributed by atoms with Crippen molar-refractivity contribution < 1.29 is 24.5 Å². The van der Waals surface area contributed by atoms with Gasteiger partial charge in [0.05, 0.1) is 31.1 Å². The monoisotopic (exact) mass is 276 g/mol. The molecule has 0 radical (unpaired) electrons. The molecule has 0 saturated heterocycles. The minimum absolute atomic E-state index is 0.0491. The molecule has 2 aliphatic rings. The third kappa shape index (κ3) is 1.78. The van der Waals surface area contributed by atoms with E-state index in [0.29, 0.717) is 23.3 Å². The third-order valence-corrected chi connectivity index (χ3v) is 3.96. The van der Waals surface area contributed by atoms with E-state index >= 15 is 0 Å². The Hall–Kier alpha value is -2.01. The zero-order valence-corrected chi connectivity index (χ0v) is 11.3. The number of methoxy groups -OCH3 is 1. The second kappa shape index (κ2) is 4.52. The minimum Gasteiger partial charge on any atom is -0.507 e. The highest BCUT2D eigenvalue weighted by Crippen LogP contribution is 2.46. The number of ether oxygens (including phenoxy) is 2. The van der Waals surface area contributed by atoms with Crippen LogP contribution in [0.15, 0.2) is 24.0 Å². The lowest BCUT2D eigenvalue weighted by molar-refractivity contribution is 0.0434. The van der Waals surface area contributed by atoms with Crippen molar-refractivity contribution in [2.24, 2.45) is 5.92 Å². The second-order valence-corrected chi connectivity index (χ2v) is 5.25. The van der Waals surface area contributed by atoms with Gasteiger partial charge in [0.1, 0.15) is 11.5 Å². The number of carbonyl (C=O) groups is 1. The molecule has 106 valence electrons. The van der Waals surface area contributed by atoms with E-state index < -0.39 is 6.10 Å². The van der Waals surface area contributed by atoms with Gasteiger partial charge < -0.3 is 19.7 Å². The summed E-state index contributed by atoms with van der Waals surface area (Å²) in [6, 6.07) is 2.98. The van der Waals surface area contributed by atoms with Crippen LogP contribution in [-0.2, 0) is 4.74 Å². The predicted octanol–water partition coefficient (Wildman–Crippen LogP) is 1.94. The molecular weight excluding hydrogens is 260 g/mol. The Labute approximate surface area is 116 Å². The van der Waals surface area contributed by atoms with E-state index in [-0.39, 0.29) is 29.1 Å². The van der Waals surface area contributed by atoms with E-state index in [0.717, 1.165) is 0 Å². The number of ketones is 1. The first-order chi connectivity index (χ1) is 9.52. The van der Waals surface area contributed by atoms with E-state index in [4.69, 9.17) is 9.47 Å². The molecule has 0 saturated carbocycles. The van der Waals surface area contributed by atoms with Crippen LogP contribution >= 0.6 is 0 Å². The normalized spacial score (nSPS) is 28.1. The van der Waals surface area contributed by atoms with Crippen molar-refractivity contribution in [2.75, 3.05) is 7.11 Å². The first kappa shape index (κ1) is 13.0. The lowest BCUT2D eigenvalue weighted by Crippen LogP contribution is -2.33. The number of hydrogen-bond donors (Lipinski definition) is 2. The second-order valence-electron chi connectivity index (χ2n) is 5.25. The van der Waals surface area contributed by atoms with Gasteiger partial charge in [-0.3, -0.25) is 4.79 Å². The Morgan fingerprint density at radius 2 is 2.15 bits per heavy atom. The highest BCUT2D eigenvalue weighted by molar-refractivity contribution is 6.13. The first-order valence-corrected chi connectivity index (χ1v) is 6.52. The van der Waals surface area contributed by atoms with Crippen molar-refractivity contribution in [1.29, 1.82) is 0 Å². The molecule has 1 aliphatic carbocycles. The molecule has 0 amide bonds. The average Bonchev–Trinajstić information content (AvgIpc) is 2.43. The van der Waals surface area contributed by atoms with Gasteiger partial charge in [-0.25, -0.2) is 0 Å². The maximum atomic E-state index is 12.5. The molecule has 0 spiro atoms. The quantitative estimate of drug-likeness (QED) is 0.819. The van der Waals surface area contributed by atoms with Gasteiger partial charge >= 0.3 is 0 Å². The van der Waals surface area contributed by atoms with E-state index in [1.165, 1.54) is 19.4 Å². The Balaban J connectivity index is 2.17. The number of rotatable bonds is 1. The molecule has 0 bridgehead atoms. The number of aliphatic hydroxyl groups is 1. The fourth-order valence-electron chi connectivity index (χ4n) is 2.92. The van der Waals surface area contributed by atoms with Crippen LogP contribution in [0.3, 0.4) is 0 Å². The van der Waals surface area contributed by atoms with Crippen LogP contribution in [0.1, 0.15) is 35.4 Å². The summed E-state index contributed by atoms with van der Waals surface area (Å²) in [5, 5.41) is 20.5. The SMILES string of the molecule is COc1cc(O)c2c(c1)[C@@H](O)[C@H]1C[C@H](C)OC=C1C2=O. The Kier molecular flexibility index (Phi) is 2.94. The molecule has 1 heterocycles. The van der Waals surface area contributed by atoms with E-state index in [1.807, 2.05) is 6.92 Å². The topological polar surface area (TPSA) is 76.0 Å². The first-order valence-electron chi connectivity index (χ1n) is 6.52. The maximum Gasteiger partial charge on any atom is 0.196 e. The van der Waals surface area contributed by atoms with Gasteiger partial charge in [0.25, 0.3) is 0 Å². The largest absolute Gasteiger partial charge is 0.507 e. The van der Waals surface area contributed by atoms with Crippen molar-refractivity contribution >= 4 is 5.78 Å². The number of phenolic OH excluding ortho intramolecular Hbond substituents is 1. The predicted molar refractivity (Wildman–Crippen MR) is 70.7 cm³/mol. The number of hydrogen-bond acceptors (Lipinski definition) is 5. The summed E-state index contributed by atoms with van der Waals surface area (Å²) >= 11 is 0. The molecule has 1 aromatic carbocycles. The molecule has 1 aliphatic heterocycles. The van der Waals surface area contributed by atoms with Crippen LogP contribution in [0.4, 0.5) is 0 Å². The van der Waals surface area contributed by atoms with E-state index in [1.54, 1.807) is 6.07 Å². The maximum absolute atomic E-state index is 12.5. The molecule has 5 heteroatoms. The number of Topliss-reactive ketones (excluding diaryl/α,β-unsaturated/α-hetero) is 1. The lowest BCUT2D eigenvalue weighted by atomic mass is 9.74. The van der Waals surface area contributed by atoms with Crippen LogP contribution < -0.4 is 4.74 Å². The summed E-state index contributed by atoms with van der Waals surface area (Å²) in [6.45, 7) is 1.89. The van der Waals surface area contributed by atoms with Crippen molar-refractivity contribution in [3.8, 4) is 11.5 Å². The van der Waals surface area contributed by atoms with Crippen LogP contribution in [0, 0.1) is 5.92 Å². The highest BCUT2D eigenvalue weighted by Gasteiger charge is 2.42. The van der Waals surface area contributed by atoms with E-state index in [9.17, 15) is 15.0 Å². The van der Waals surface area contributed by atoms with Crippen molar-refractivity contribution in [3.05, 3.63) is 35.1 Å². The van der Waals surface area contributed by atoms with Crippen molar-refractivity contribution in [3.63, 3.8) is 0 Å². The van der Waals surface area contributed by atoms with Gasteiger partial charge in [0.2, 0.25) is 0 Å². The molecule has 5 nitrogen and oxygen atoms in total. The molecule has 0 fully saturated rings. The Morgan fingerprint density at radius 3 is 2.85 bits per heavy atom. The molecule has 3 atom stereocenters. The molecule has 2 N–H and O–H groups in total. The third-order valence-electron chi connectivity index (χ3n) is 3.96. The van der Waals surface area contributed by atoms with Crippen molar-refractivity contribution in [2.45, 2.75) is 25.6 Å².